The Morgan fingerprint density at radius 2 is 1.67 bits per heavy atom. The highest BCUT2D eigenvalue weighted by atomic mass is 35.5. The maximum atomic E-state index is 15.9. The number of hydrogen-bond donors (Lipinski definition) is 1. The molecule has 1 aliphatic carbocycles. The number of rotatable bonds is 8. The quantitative estimate of drug-likeness (QED) is 0.178. The molecule has 6 rings (SSSR count). The molecule has 10 heteroatoms. The van der Waals surface area contributed by atoms with Crippen molar-refractivity contribution in [1.29, 1.82) is 0 Å². The van der Waals surface area contributed by atoms with Gasteiger partial charge in [-0.3, -0.25) is 0 Å². The van der Waals surface area contributed by atoms with Crippen molar-refractivity contribution in [2.75, 3.05) is 19.0 Å². The molecule has 0 amide bonds. The van der Waals surface area contributed by atoms with E-state index in [4.69, 9.17) is 21.3 Å². The molecule has 0 aliphatic heterocycles. The summed E-state index contributed by atoms with van der Waals surface area (Å²) in [6.07, 6.45) is 5.33. The second-order valence-corrected chi connectivity index (χ2v) is 11.7. The molecule has 0 atom stereocenters. The summed E-state index contributed by atoms with van der Waals surface area (Å²) < 4.78 is 24.1. The van der Waals surface area contributed by atoms with Crippen LogP contribution in [0.15, 0.2) is 78.9 Å². The first kappa shape index (κ1) is 34.1. The lowest BCUT2D eigenvalue weighted by Crippen LogP contribution is -2.14. The summed E-state index contributed by atoms with van der Waals surface area (Å²) in [5.74, 6) is -0.536. The Labute approximate surface area is 279 Å². The third-order valence-corrected chi connectivity index (χ3v) is 8.46. The van der Waals surface area contributed by atoms with Gasteiger partial charge < -0.3 is 19.3 Å². The van der Waals surface area contributed by atoms with Gasteiger partial charge in [-0.25, -0.2) is 14.2 Å². The van der Waals surface area contributed by atoms with Gasteiger partial charge in [0.15, 0.2) is 0 Å². The molecule has 0 bridgehead atoms. The van der Waals surface area contributed by atoms with E-state index in [1.54, 1.807) is 30.3 Å². The van der Waals surface area contributed by atoms with Crippen molar-refractivity contribution in [1.82, 2.24) is 9.55 Å². The standard InChI is InChI=1S/C35H33ClFN3O3.2ClH/c1-39(2)27-13-15-29(22-8-11-25(36)12-9-22)24(18-27)21-43-28-14-16-30(31(37)20-28)34-38-32-19-23(35(41)42)10-17-33(32)40(34)26-6-4-3-5-7-26;;/h8-20,26H,3-7,21H2,1-2H3,(H,41,42);2*1H. The maximum absolute atomic E-state index is 15.9. The number of carboxylic acids is 1. The molecule has 1 aliphatic rings. The number of aromatic nitrogens is 2. The fourth-order valence-corrected chi connectivity index (χ4v) is 6.07. The molecule has 0 unspecified atom stereocenters. The van der Waals surface area contributed by atoms with Crippen LogP contribution in [-0.2, 0) is 6.61 Å². The number of halogens is 4. The summed E-state index contributed by atoms with van der Waals surface area (Å²) in [7, 11) is 3.97. The van der Waals surface area contributed by atoms with E-state index in [1.807, 2.05) is 43.3 Å². The molecule has 0 spiro atoms. The van der Waals surface area contributed by atoms with Crippen LogP contribution in [0.2, 0.25) is 5.02 Å². The summed E-state index contributed by atoms with van der Waals surface area (Å²) in [5.41, 5.74) is 5.92. The average Bonchev–Trinajstić information content (AvgIpc) is 3.39. The number of fused-ring (bicyclic) bond motifs is 1. The van der Waals surface area contributed by atoms with Crippen molar-refractivity contribution in [2.24, 2.45) is 0 Å². The van der Waals surface area contributed by atoms with Gasteiger partial charge in [0.25, 0.3) is 0 Å². The molecule has 4 aromatic carbocycles. The number of ether oxygens (including phenoxy) is 1. The van der Waals surface area contributed by atoms with Crippen molar-refractivity contribution in [3.63, 3.8) is 0 Å². The SMILES string of the molecule is CN(C)c1ccc(-c2ccc(Cl)cc2)c(COc2ccc(-c3nc4cc(C(=O)O)ccc4n3C3CCCCC3)c(F)c2)c1.Cl.Cl. The van der Waals surface area contributed by atoms with Crippen LogP contribution >= 0.6 is 36.4 Å². The fraction of sp³-hybridized carbons (Fsp3) is 0.257. The van der Waals surface area contributed by atoms with Gasteiger partial charge in [-0.05, 0) is 84.1 Å². The van der Waals surface area contributed by atoms with E-state index in [0.717, 1.165) is 53.6 Å². The van der Waals surface area contributed by atoms with Gasteiger partial charge in [-0.2, -0.15) is 0 Å². The summed E-state index contributed by atoms with van der Waals surface area (Å²) in [6, 6.07) is 23.9. The van der Waals surface area contributed by atoms with Crippen molar-refractivity contribution in [3.05, 3.63) is 101 Å². The maximum Gasteiger partial charge on any atom is 0.335 e. The zero-order valence-corrected chi connectivity index (χ0v) is 27.4. The Balaban J connectivity index is 0.00000230. The first-order valence-corrected chi connectivity index (χ1v) is 14.9. The molecular formula is C35H35Cl3FN3O3. The van der Waals surface area contributed by atoms with Gasteiger partial charge >= 0.3 is 5.97 Å². The van der Waals surface area contributed by atoms with Crippen molar-refractivity contribution in [2.45, 2.75) is 44.8 Å². The van der Waals surface area contributed by atoms with Crippen LogP contribution in [0.1, 0.15) is 54.1 Å². The van der Waals surface area contributed by atoms with E-state index in [-0.39, 0.29) is 43.0 Å². The largest absolute Gasteiger partial charge is 0.489 e. The third kappa shape index (κ3) is 7.22. The second-order valence-electron chi connectivity index (χ2n) is 11.3. The third-order valence-electron chi connectivity index (χ3n) is 8.21. The Morgan fingerprint density at radius 3 is 2.33 bits per heavy atom. The number of benzene rings is 4. The monoisotopic (exact) mass is 669 g/mol. The van der Waals surface area contributed by atoms with Crippen LogP contribution in [-0.4, -0.2) is 34.7 Å². The van der Waals surface area contributed by atoms with E-state index >= 15 is 4.39 Å². The molecule has 1 saturated carbocycles. The molecule has 0 saturated heterocycles. The Morgan fingerprint density at radius 1 is 0.956 bits per heavy atom. The topological polar surface area (TPSA) is 67.6 Å². The predicted molar refractivity (Wildman–Crippen MR) is 184 cm³/mol. The van der Waals surface area contributed by atoms with Gasteiger partial charge in [0.2, 0.25) is 0 Å². The van der Waals surface area contributed by atoms with Gasteiger partial charge in [-0.1, -0.05) is 49.1 Å². The molecule has 45 heavy (non-hydrogen) atoms. The lowest BCUT2D eigenvalue weighted by Gasteiger charge is -2.25. The first-order valence-electron chi connectivity index (χ1n) is 14.5. The van der Waals surface area contributed by atoms with Gasteiger partial charge in [-0.15, -0.1) is 24.8 Å². The number of anilines is 1. The molecular weight excluding hydrogens is 636 g/mol. The smallest absolute Gasteiger partial charge is 0.335 e. The zero-order valence-electron chi connectivity index (χ0n) is 25.0. The van der Waals surface area contributed by atoms with Crippen LogP contribution in [0.5, 0.6) is 5.75 Å². The number of carboxylic acid groups (broad SMARTS) is 1. The second kappa shape index (κ2) is 14.5. The lowest BCUT2D eigenvalue weighted by atomic mass is 9.94. The summed E-state index contributed by atoms with van der Waals surface area (Å²) in [4.78, 5) is 18.4. The van der Waals surface area contributed by atoms with Gasteiger partial charge in [0.05, 0.1) is 22.2 Å². The summed E-state index contributed by atoms with van der Waals surface area (Å²) >= 11 is 6.12. The van der Waals surface area contributed by atoms with Crippen LogP contribution < -0.4 is 9.64 Å². The molecule has 1 N–H and O–H groups in total. The molecule has 1 aromatic heterocycles. The fourth-order valence-electron chi connectivity index (χ4n) is 5.95. The highest BCUT2D eigenvalue weighted by molar-refractivity contribution is 6.30. The lowest BCUT2D eigenvalue weighted by molar-refractivity contribution is 0.0697. The van der Waals surface area contributed by atoms with Crippen LogP contribution in [0, 0.1) is 5.82 Å². The zero-order chi connectivity index (χ0) is 30.1. The number of carbonyl (C=O) groups is 1. The first-order chi connectivity index (χ1) is 20.8. The molecule has 1 fully saturated rings. The van der Waals surface area contributed by atoms with E-state index in [0.29, 0.717) is 27.7 Å². The number of hydrogen-bond acceptors (Lipinski definition) is 4. The van der Waals surface area contributed by atoms with E-state index < -0.39 is 11.8 Å². The highest BCUT2D eigenvalue weighted by Gasteiger charge is 2.24. The van der Waals surface area contributed by atoms with Crippen LogP contribution in [0.4, 0.5) is 10.1 Å². The molecule has 5 aromatic rings. The Hall–Kier alpha value is -3.78. The van der Waals surface area contributed by atoms with E-state index in [2.05, 4.69) is 22.8 Å². The summed E-state index contributed by atoms with van der Waals surface area (Å²) in [5, 5.41) is 10.2. The Kier molecular flexibility index (Phi) is 11.0. The average molecular weight is 671 g/mol. The highest BCUT2D eigenvalue weighted by Crippen LogP contribution is 2.38. The molecule has 1 heterocycles. The Bertz CT molecular complexity index is 1800. The predicted octanol–water partition coefficient (Wildman–Crippen LogP) is 9.85. The van der Waals surface area contributed by atoms with Crippen LogP contribution in [0.25, 0.3) is 33.5 Å². The minimum absolute atomic E-state index is 0. The molecule has 6 nitrogen and oxygen atoms in total. The van der Waals surface area contributed by atoms with E-state index in [1.165, 1.54) is 12.5 Å². The van der Waals surface area contributed by atoms with Crippen LogP contribution in [0.3, 0.4) is 0 Å². The van der Waals surface area contributed by atoms with Gasteiger partial charge in [0, 0.05) is 36.9 Å². The molecule has 236 valence electrons. The number of aromatic carboxylic acids is 1. The van der Waals surface area contributed by atoms with E-state index in [9.17, 15) is 9.90 Å². The number of nitrogens with zero attached hydrogens (tertiary/aromatic N) is 3. The minimum Gasteiger partial charge on any atom is -0.489 e. The van der Waals surface area contributed by atoms with Crippen molar-refractivity contribution in [3.8, 4) is 28.3 Å². The number of imidazole rings is 1. The van der Waals surface area contributed by atoms with Gasteiger partial charge in [0.1, 0.15) is 24.0 Å². The summed E-state index contributed by atoms with van der Waals surface area (Å²) in [6.45, 7) is 0.247. The minimum atomic E-state index is -1.02. The van der Waals surface area contributed by atoms with Crippen molar-refractivity contribution >= 4 is 59.1 Å². The normalized spacial score (nSPS) is 13.2. The molecule has 0 radical (unpaired) electrons. The van der Waals surface area contributed by atoms with Crippen molar-refractivity contribution < 1.29 is 19.0 Å².